The predicted molar refractivity (Wildman–Crippen MR) is 47.1 cm³/mol. The molecule has 0 rings (SSSR count). The second-order valence-corrected chi connectivity index (χ2v) is 2.92. The van der Waals surface area contributed by atoms with Crippen molar-refractivity contribution in [2.75, 3.05) is 6.54 Å². The van der Waals surface area contributed by atoms with Gasteiger partial charge in [0.2, 0.25) is 0 Å². The van der Waals surface area contributed by atoms with E-state index in [9.17, 15) is 0 Å². The molecule has 0 aromatic carbocycles. The average Bonchev–Trinajstić information content (AvgIpc) is 1.82. The van der Waals surface area contributed by atoms with E-state index in [1.807, 2.05) is 6.92 Å². The molecule has 0 fully saturated rings. The number of hydrogen-bond acceptors (Lipinski definition) is 1. The third kappa shape index (κ3) is 4.33. The first-order valence-electron chi connectivity index (χ1n) is 3.61. The Morgan fingerprint density at radius 1 is 1.40 bits per heavy atom. The quantitative estimate of drug-likeness (QED) is 0.588. The number of nitrogens with one attached hydrogen (secondary N) is 1. The molecule has 0 unspecified atom stereocenters. The zero-order valence-electron chi connectivity index (χ0n) is 7.20. The van der Waals surface area contributed by atoms with Crippen molar-refractivity contribution in [2.24, 2.45) is 0 Å². The first-order chi connectivity index (χ1) is 4.54. The molecule has 0 aliphatic carbocycles. The Morgan fingerprint density at radius 2 is 1.90 bits per heavy atom. The number of hydrogen-bond donors (Lipinski definition) is 1. The van der Waals surface area contributed by atoms with Crippen LogP contribution in [-0.4, -0.2) is 12.6 Å². The van der Waals surface area contributed by atoms with Crippen LogP contribution in [0.2, 0.25) is 0 Å². The summed E-state index contributed by atoms with van der Waals surface area (Å²) in [5, 5.41) is 3.27. The predicted octanol–water partition coefficient (Wildman–Crippen LogP) is 2.12. The van der Waals surface area contributed by atoms with Crippen LogP contribution in [0.4, 0.5) is 0 Å². The minimum absolute atomic E-state index is 0.524. The molecule has 0 atom stereocenters. The summed E-state index contributed by atoms with van der Waals surface area (Å²) < 4.78 is 0. The van der Waals surface area contributed by atoms with Gasteiger partial charge in [-0.3, -0.25) is 0 Å². The van der Waals surface area contributed by atoms with E-state index in [1.165, 1.54) is 0 Å². The van der Waals surface area contributed by atoms with E-state index in [1.54, 1.807) is 0 Å². The van der Waals surface area contributed by atoms with Crippen molar-refractivity contribution in [3.8, 4) is 0 Å². The Balaban J connectivity index is 3.50. The molecule has 0 saturated carbocycles. The van der Waals surface area contributed by atoms with E-state index < -0.39 is 0 Å². The normalized spacial score (nSPS) is 10.0. The van der Waals surface area contributed by atoms with E-state index in [4.69, 9.17) is 0 Å². The molecule has 0 aromatic heterocycles. The third-order valence-corrected chi connectivity index (χ3v) is 1.33. The molecule has 0 amide bonds. The molecular weight excluding hydrogens is 122 g/mol. The molecule has 10 heavy (non-hydrogen) atoms. The zero-order chi connectivity index (χ0) is 8.15. The van der Waals surface area contributed by atoms with Gasteiger partial charge >= 0.3 is 0 Å². The molecule has 0 saturated heterocycles. The van der Waals surface area contributed by atoms with Gasteiger partial charge in [0.05, 0.1) is 0 Å². The highest BCUT2D eigenvalue weighted by molar-refractivity contribution is 5.23. The monoisotopic (exact) mass is 139 g/mol. The summed E-state index contributed by atoms with van der Waals surface area (Å²) in [6.45, 7) is 14.7. The van der Waals surface area contributed by atoms with Gasteiger partial charge in [-0.05, 0) is 12.5 Å². The van der Waals surface area contributed by atoms with Crippen molar-refractivity contribution in [1.82, 2.24) is 5.32 Å². The van der Waals surface area contributed by atoms with E-state index in [0.29, 0.717) is 6.04 Å². The fourth-order valence-electron chi connectivity index (χ4n) is 0.478. The SMILES string of the molecule is C=C(C)C(=C)CNC(C)C. The molecule has 1 N–H and O–H groups in total. The highest BCUT2D eigenvalue weighted by Gasteiger charge is 1.95. The molecule has 1 heteroatoms. The fourth-order valence-corrected chi connectivity index (χ4v) is 0.478. The molecule has 0 aliphatic rings. The van der Waals surface area contributed by atoms with Crippen LogP contribution in [0.5, 0.6) is 0 Å². The molecule has 0 radical (unpaired) electrons. The van der Waals surface area contributed by atoms with Crippen molar-refractivity contribution in [1.29, 1.82) is 0 Å². The Kier molecular flexibility index (Phi) is 4.05. The molecule has 0 bridgehead atoms. The summed E-state index contributed by atoms with van der Waals surface area (Å²) in [6, 6.07) is 0.524. The lowest BCUT2D eigenvalue weighted by Gasteiger charge is -2.09. The maximum atomic E-state index is 3.86. The molecular formula is C9H17N. The summed E-state index contributed by atoms with van der Waals surface area (Å²) in [4.78, 5) is 0. The van der Waals surface area contributed by atoms with Crippen molar-refractivity contribution in [2.45, 2.75) is 26.8 Å². The third-order valence-electron chi connectivity index (χ3n) is 1.33. The van der Waals surface area contributed by atoms with Crippen molar-refractivity contribution < 1.29 is 0 Å². The molecule has 1 nitrogen and oxygen atoms in total. The van der Waals surface area contributed by atoms with E-state index in [2.05, 4.69) is 32.3 Å². The molecule has 0 spiro atoms. The highest BCUT2D eigenvalue weighted by atomic mass is 14.9. The Morgan fingerprint density at radius 3 is 2.20 bits per heavy atom. The minimum atomic E-state index is 0.524. The topological polar surface area (TPSA) is 12.0 Å². The van der Waals surface area contributed by atoms with Crippen molar-refractivity contribution in [3.05, 3.63) is 24.3 Å². The summed E-state index contributed by atoms with van der Waals surface area (Å²) >= 11 is 0. The van der Waals surface area contributed by atoms with Crippen LogP contribution in [0.25, 0.3) is 0 Å². The Bertz CT molecular complexity index is 134. The molecule has 0 aliphatic heterocycles. The van der Waals surface area contributed by atoms with Crippen LogP contribution >= 0.6 is 0 Å². The summed E-state index contributed by atoms with van der Waals surface area (Å²) in [5.74, 6) is 0. The lowest BCUT2D eigenvalue weighted by molar-refractivity contribution is 0.624. The molecule has 0 aromatic rings. The van der Waals surface area contributed by atoms with Crippen LogP contribution in [0.3, 0.4) is 0 Å². The standard InChI is InChI=1S/C9H17N/c1-7(2)9(5)6-10-8(3)4/h8,10H,1,5-6H2,2-4H3. The maximum absolute atomic E-state index is 3.86. The smallest absolute Gasteiger partial charge is 0.0204 e. The van der Waals surface area contributed by atoms with Gasteiger partial charge in [0, 0.05) is 12.6 Å². The first-order valence-corrected chi connectivity index (χ1v) is 3.61. The zero-order valence-corrected chi connectivity index (χ0v) is 7.20. The average molecular weight is 139 g/mol. The van der Waals surface area contributed by atoms with Gasteiger partial charge in [0.15, 0.2) is 0 Å². The van der Waals surface area contributed by atoms with Gasteiger partial charge in [0.1, 0.15) is 0 Å². The van der Waals surface area contributed by atoms with Gasteiger partial charge in [0.25, 0.3) is 0 Å². The largest absolute Gasteiger partial charge is 0.310 e. The first kappa shape index (κ1) is 9.44. The van der Waals surface area contributed by atoms with E-state index >= 15 is 0 Å². The van der Waals surface area contributed by atoms with Gasteiger partial charge in [-0.1, -0.05) is 32.6 Å². The summed E-state index contributed by atoms with van der Waals surface area (Å²) in [7, 11) is 0. The van der Waals surface area contributed by atoms with Gasteiger partial charge in [-0.25, -0.2) is 0 Å². The lowest BCUT2D eigenvalue weighted by atomic mass is 10.1. The Labute approximate surface area is 63.8 Å². The van der Waals surface area contributed by atoms with Crippen LogP contribution < -0.4 is 5.32 Å². The summed E-state index contributed by atoms with van der Waals surface area (Å²) in [5.41, 5.74) is 2.15. The number of rotatable bonds is 4. The maximum Gasteiger partial charge on any atom is 0.0204 e. The lowest BCUT2D eigenvalue weighted by Crippen LogP contribution is -2.24. The van der Waals surface area contributed by atoms with Gasteiger partial charge < -0.3 is 5.32 Å². The highest BCUT2D eigenvalue weighted by Crippen LogP contribution is 2.00. The fraction of sp³-hybridized carbons (Fsp3) is 0.556. The molecule has 58 valence electrons. The second kappa shape index (κ2) is 4.29. The van der Waals surface area contributed by atoms with E-state index in [-0.39, 0.29) is 0 Å². The van der Waals surface area contributed by atoms with Gasteiger partial charge in [-0.15, -0.1) is 0 Å². The van der Waals surface area contributed by atoms with E-state index in [0.717, 1.165) is 17.7 Å². The van der Waals surface area contributed by atoms with Crippen molar-refractivity contribution >= 4 is 0 Å². The van der Waals surface area contributed by atoms with Crippen molar-refractivity contribution in [3.63, 3.8) is 0 Å². The summed E-state index contributed by atoms with van der Waals surface area (Å²) in [6.07, 6.45) is 0. The van der Waals surface area contributed by atoms with Gasteiger partial charge in [-0.2, -0.15) is 0 Å². The second-order valence-electron chi connectivity index (χ2n) is 2.92. The molecule has 0 heterocycles. The Hall–Kier alpha value is -0.560. The van der Waals surface area contributed by atoms with Crippen LogP contribution in [0, 0.1) is 0 Å². The van der Waals surface area contributed by atoms with Crippen LogP contribution in [0.1, 0.15) is 20.8 Å². The minimum Gasteiger partial charge on any atom is -0.310 e. The van der Waals surface area contributed by atoms with Crippen LogP contribution in [0.15, 0.2) is 24.3 Å². The van der Waals surface area contributed by atoms with Crippen LogP contribution in [-0.2, 0) is 0 Å².